The first-order valence-electron chi connectivity index (χ1n) is 5.40. The normalized spacial score (nSPS) is 12.7. The van der Waals surface area contributed by atoms with E-state index in [0.29, 0.717) is 5.56 Å². The fourth-order valence-corrected chi connectivity index (χ4v) is 2.80. The van der Waals surface area contributed by atoms with Crippen molar-refractivity contribution >= 4 is 15.9 Å². The van der Waals surface area contributed by atoms with Crippen LogP contribution in [0, 0.1) is 13.8 Å². The quantitative estimate of drug-likeness (QED) is 0.317. The molecule has 18 heavy (non-hydrogen) atoms. The van der Waals surface area contributed by atoms with Crippen LogP contribution in [0.25, 0.3) is 0 Å². The van der Waals surface area contributed by atoms with E-state index in [1.54, 1.807) is 19.1 Å². The maximum absolute atomic E-state index is 12.0. The SMILES string of the molecule is Cc1ccc(C)c(S(=O)(=O)NCCC(N)=NO)c1. The van der Waals surface area contributed by atoms with Crippen LogP contribution in [-0.4, -0.2) is 26.0 Å². The van der Waals surface area contributed by atoms with Crippen molar-refractivity contribution in [2.75, 3.05) is 6.54 Å². The molecule has 0 atom stereocenters. The maximum Gasteiger partial charge on any atom is 0.240 e. The van der Waals surface area contributed by atoms with E-state index in [-0.39, 0.29) is 23.7 Å². The average molecular weight is 271 g/mol. The van der Waals surface area contributed by atoms with Gasteiger partial charge in [0.05, 0.1) is 4.90 Å². The highest BCUT2D eigenvalue weighted by atomic mass is 32.2. The van der Waals surface area contributed by atoms with Crippen LogP contribution in [0.2, 0.25) is 0 Å². The molecule has 0 spiro atoms. The summed E-state index contributed by atoms with van der Waals surface area (Å²) in [4.78, 5) is 0.252. The molecule has 0 fully saturated rings. The average Bonchev–Trinajstić information content (AvgIpc) is 2.31. The van der Waals surface area contributed by atoms with Crippen molar-refractivity contribution in [1.82, 2.24) is 4.72 Å². The number of oxime groups is 1. The molecular weight excluding hydrogens is 254 g/mol. The van der Waals surface area contributed by atoms with Gasteiger partial charge in [0, 0.05) is 13.0 Å². The molecule has 0 amide bonds. The highest BCUT2D eigenvalue weighted by Crippen LogP contribution is 2.16. The summed E-state index contributed by atoms with van der Waals surface area (Å²) in [5.41, 5.74) is 6.81. The fourth-order valence-electron chi connectivity index (χ4n) is 1.44. The van der Waals surface area contributed by atoms with Crippen molar-refractivity contribution < 1.29 is 13.6 Å². The molecule has 0 saturated heterocycles. The first kappa shape index (κ1) is 14.5. The van der Waals surface area contributed by atoms with E-state index >= 15 is 0 Å². The lowest BCUT2D eigenvalue weighted by atomic mass is 10.2. The Kier molecular flexibility index (Phi) is 4.69. The minimum Gasteiger partial charge on any atom is -0.409 e. The van der Waals surface area contributed by atoms with Gasteiger partial charge in [-0.3, -0.25) is 0 Å². The van der Waals surface area contributed by atoms with Gasteiger partial charge in [0.2, 0.25) is 10.0 Å². The van der Waals surface area contributed by atoms with Crippen molar-refractivity contribution in [2.24, 2.45) is 10.9 Å². The summed E-state index contributed by atoms with van der Waals surface area (Å²) in [6.45, 7) is 3.65. The van der Waals surface area contributed by atoms with Crippen molar-refractivity contribution in [3.8, 4) is 0 Å². The summed E-state index contributed by atoms with van der Waals surface area (Å²) in [5, 5.41) is 11.1. The van der Waals surface area contributed by atoms with Crippen molar-refractivity contribution in [3.63, 3.8) is 0 Å². The number of sulfonamides is 1. The lowest BCUT2D eigenvalue weighted by Crippen LogP contribution is -2.28. The van der Waals surface area contributed by atoms with E-state index in [4.69, 9.17) is 10.9 Å². The largest absolute Gasteiger partial charge is 0.409 e. The van der Waals surface area contributed by atoms with Gasteiger partial charge in [0.1, 0.15) is 5.84 Å². The molecule has 0 radical (unpaired) electrons. The van der Waals surface area contributed by atoms with Crippen molar-refractivity contribution in [1.29, 1.82) is 0 Å². The minimum atomic E-state index is -3.56. The third kappa shape index (κ3) is 3.71. The number of aryl methyl sites for hydroxylation is 2. The Morgan fingerprint density at radius 3 is 2.72 bits per heavy atom. The van der Waals surface area contributed by atoms with Gasteiger partial charge in [-0.15, -0.1) is 0 Å². The minimum absolute atomic E-state index is 0.0151. The van der Waals surface area contributed by atoms with Crippen molar-refractivity contribution in [3.05, 3.63) is 29.3 Å². The number of benzene rings is 1. The first-order valence-corrected chi connectivity index (χ1v) is 6.88. The van der Waals surface area contributed by atoms with Crippen LogP contribution in [0.3, 0.4) is 0 Å². The molecule has 0 aliphatic carbocycles. The number of hydrogen-bond acceptors (Lipinski definition) is 4. The third-order valence-electron chi connectivity index (χ3n) is 2.43. The topological polar surface area (TPSA) is 105 Å². The highest BCUT2D eigenvalue weighted by Gasteiger charge is 2.16. The molecule has 0 bridgehead atoms. The Labute approximate surface area is 107 Å². The van der Waals surface area contributed by atoms with Crippen LogP contribution in [0.15, 0.2) is 28.3 Å². The predicted molar refractivity (Wildman–Crippen MR) is 69.1 cm³/mol. The first-order chi connectivity index (χ1) is 8.36. The summed E-state index contributed by atoms with van der Waals surface area (Å²) >= 11 is 0. The summed E-state index contributed by atoms with van der Waals surface area (Å²) in [6.07, 6.45) is 0.153. The van der Waals surface area contributed by atoms with E-state index in [0.717, 1.165) is 5.56 Å². The number of amidine groups is 1. The Morgan fingerprint density at radius 2 is 2.11 bits per heavy atom. The van der Waals surface area contributed by atoms with E-state index in [1.165, 1.54) is 0 Å². The van der Waals surface area contributed by atoms with Crippen LogP contribution in [0.4, 0.5) is 0 Å². The van der Waals surface area contributed by atoms with E-state index in [1.807, 2.05) is 13.0 Å². The molecule has 0 aromatic heterocycles. The Morgan fingerprint density at radius 1 is 1.44 bits per heavy atom. The molecule has 4 N–H and O–H groups in total. The monoisotopic (exact) mass is 271 g/mol. The van der Waals surface area contributed by atoms with Gasteiger partial charge < -0.3 is 10.9 Å². The molecule has 1 rings (SSSR count). The van der Waals surface area contributed by atoms with Gasteiger partial charge in [-0.05, 0) is 31.0 Å². The number of nitrogens with two attached hydrogens (primary N) is 1. The van der Waals surface area contributed by atoms with Gasteiger partial charge in [0.15, 0.2) is 0 Å². The lowest BCUT2D eigenvalue weighted by molar-refractivity contribution is 0.317. The number of nitrogens with zero attached hydrogens (tertiary/aromatic N) is 1. The number of hydrogen-bond donors (Lipinski definition) is 3. The summed E-state index contributed by atoms with van der Waals surface area (Å²) in [5.74, 6) is -0.0151. The predicted octanol–water partition coefficient (Wildman–Crippen LogP) is 0.718. The fraction of sp³-hybridized carbons (Fsp3) is 0.364. The molecule has 0 saturated carbocycles. The molecular formula is C11H17N3O3S. The molecule has 0 heterocycles. The Bertz CT molecular complexity index is 553. The zero-order chi connectivity index (χ0) is 13.8. The Hall–Kier alpha value is -1.60. The van der Waals surface area contributed by atoms with Crippen LogP contribution in [-0.2, 0) is 10.0 Å². The maximum atomic E-state index is 12.0. The molecule has 0 unspecified atom stereocenters. The van der Waals surface area contributed by atoms with Crippen LogP contribution in [0.1, 0.15) is 17.5 Å². The molecule has 6 nitrogen and oxygen atoms in total. The number of rotatable bonds is 5. The highest BCUT2D eigenvalue weighted by molar-refractivity contribution is 7.89. The van der Waals surface area contributed by atoms with Gasteiger partial charge in [-0.25, -0.2) is 13.1 Å². The zero-order valence-corrected chi connectivity index (χ0v) is 11.2. The second-order valence-electron chi connectivity index (χ2n) is 4.01. The summed E-state index contributed by atoms with van der Waals surface area (Å²) in [7, 11) is -3.56. The molecule has 100 valence electrons. The van der Waals surface area contributed by atoms with E-state index in [9.17, 15) is 8.42 Å². The van der Waals surface area contributed by atoms with Crippen LogP contribution >= 0.6 is 0 Å². The molecule has 1 aromatic carbocycles. The summed E-state index contributed by atoms with van der Waals surface area (Å²) in [6, 6.07) is 5.22. The second kappa shape index (κ2) is 5.83. The van der Waals surface area contributed by atoms with Gasteiger partial charge in [0.25, 0.3) is 0 Å². The van der Waals surface area contributed by atoms with Gasteiger partial charge in [-0.1, -0.05) is 17.3 Å². The van der Waals surface area contributed by atoms with Gasteiger partial charge in [-0.2, -0.15) is 0 Å². The van der Waals surface area contributed by atoms with Crippen LogP contribution < -0.4 is 10.5 Å². The van der Waals surface area contributed by atoms with Gasteiger partial charge >= 0.3 is 0 Å². The molecule has 7 heteroatoms. The van der Waals surface area contributed by atoms with E-state index < -0.39 is 10.0 Å². The zero-order valence-electron chi connectivity index (χ0n) is 10.3. The smallest absolute Gasteiger partial charge is 0.240 e. The third-order valence-corrected chi connectivity index (χ3v) is 4.04. The van der Waals surface area contributed by atoms with Crippen LogP contribution in [0.5, 0.6) is 0 Å². The molecule has 1 aromatic rings. The van der Waals surface area contributed by atoms with E-state index in [2.05, 4.69) is 9.88 Å². The molecule has 0 aliphatic heterocycles. The molecule has 0 aliphatic rings. The summed E-state index contributed by atoms with van der Waals surface area (Å²) < 4.78 is 26.5. The standard InChI is InChI=1S/C11H17N3O3S/c1-8-3-4-9(2)10(7-8)18(16,17)13-6-5-11(12)14-15/h3-4,7,13,15H,5-6H2,1-2H3,(H2,12,14). The number of nitrogens with one attached hydrogen (secondary N) is 1. The van der Waals surface area contributed by atoms with Crippen molar-refractivity contribution in [2.45, 2.75) is 25.2 Å². The lowest BCUT2D eigenvalue weighted by Gasteiger charge is -2.09. The Balaban J connectivity index is 2.84. The second-order valence-corrected chi connectivity index (χ2v) is 5.74.